The predicted molar refractivity (Wildman–Crippen MR) is 131 cm³/mol. The first-order valence-corrected chi connectivity index (χ1v) is 10.8. The molecule has 1 amide bonds. The quantitative estimate of drug-likeness (QED) is 0.355. The van der Waals surface area contributed by atoms with Gasteiger partial charge in [0.05, 0.1) is 12.7 Å². The summed E-state index contributed by atoms with van der Waals surface area (Å²) in [6, 6.07) is 12.8. The van der Waals surface area contributed by atoms with Crippen molar-refractivity contribution >= 4 is 56.1 Å². The van der Waals surface area contributed by atoms with Gasteiger partial charge in [-0.3, -0.25) is 10.1 Å². The van der Waals surface area contributed by atoms with E-state index in [1.54, 1.807) is 18.3 Å². The normalized spacial score (nSPS) is 10.8. The highest BCUT2D eigenvalue weighted by Gasteiger charge is 2.17. The van der Waals surface area contributed by atoms with Gasteiger partial charge in [0, 0.05) is 21.9 Å². The molecule has 0 atom stereocenters. The van der Waals surface area contributed by atoms with E-state index in [0.717, 1.165) is 26.9 Å². The van der Waals surface area contributed by atoms with Crippen molar-refractivity contribution < 1.29 is 13.9 Å². The number of nitrogens with zero attached hydrogens (tertiary/aromatic N) is 2. The number of carbonyl (C=O) groups excluding carboxylic acids is 1. The molecule has 0 aliphatic heterocycles. The van der Waals surface area contributed by atoms with E-state index in [2.05, 4.69) is 36.5 Å². The Morgan fingerprint density at radius 1 is 1.16 bits per heavy atom. The van der Waals surface area contributed by atoms with E-state index < -0.39 is 0 Å². The number of halogens is 1. The Bertz CT molecular complexity index is 1320. The van der Waals surface area contributed by atoms with Gasteiger partial charge in [0.15, 0.2) is 16.3 Å². The number of pyridine rings is 1. The summed E-state index contributed by atoms with van der Waals surface area (Å²) in [7, 11) is 1.53. The number of ether oxygens (including phenoxy) is 1. The molecule has 2 aromatic carbocycles. The number of aryl methyl sites for hydroxylation is 2. The summed E-state index contributed by atoms with van der Waals surface area (Å²) in [6.45, 7) is 3.80. The molecule has 0 saturated carbocycles. The Morgan fingerprint density at radius 3 is 2.69 bits per heavy atom. The van der Waals surface area contributed by atoms with Gasteiger partial charge < -0.3 is 14.5 Å². The zero-order chi connectivity index (χ0) is 22.8. The van der Waals surface area contributed by atoms with Crippen LogP contribution in [-0.4, -0.2) is 28.1 Å². The molecule has 0 radical (unpaired) electrons. The lowest BCUT2D eigenvalue weighted by atomic mass is 10.1. The van der Waals surface area contributed by atoms with Crippen molar-refractivity contribution in [2.45, 2.75) is 13.8 Å². The maximum absolute atomic E-state index is 12.8. The third-order valence-electron chi connectivity index (χ3n) is 4.80. The second-order valence-corrected chi connectivity index (χ2v) is 8.41. The number of anilines is 1. The molecule has 0 spiro atoms. The number of methoxy groups -OCH3 is 1. The fourth-order valence-corrected chi connectivity index (χ4v) is 4.10. The van der Waals surface area contributed by atoms with Crippen LogP contribution in [0.3, 0.4) is 0 Å². The second kappa shape index (κ2) is 9.05. The molecule has 4 rings (SSSR count). The van der Waals surface area contributed by atoms with Gasteiger partial charge in [-0.1, -0.05) is 15.9 Å². The van der Waals surface area contributed by atoms with Crippen molar-refractivity contribution in [3.63, 3.8) is 0 Å². The average Bonchev–Trinajstić information content (AvgIpc) is 3.19. The SMILES string of the molecule is COc1c(C)cc(Br)cc1C(=O)NC(=S)Nc1ccc(-c2nc3ncccc3o2)cc1C. The Balaban J connectivity index is 1.50. The molecule has 9 heteroatoms. The minimum atomic E-state index is -0.364. The Kier molecular flexibility index (Phi) is 6.20. The third-order valence-corrected chi connectivity index (χ3v) is 5.46. The number of hydrogen-bond donors (Lipinski definition) is 2. The minimum Gasteiger partial charge on any atom is -0.496 e. The molecule has 0 aliphatic carbocycles. The number of carbonyl (C=O) groups is 1. The first kappa shape index (κ1) is 21.9. The highest BCUT2D eigenvalue weighted by atomic mass is 79.9. The molecule has 2 heterocycles. The molecular formula is C23H19BrN4O3S. The first-order valence-electron chi connectivity index (χ1n) is 9.64. The average molecular weight is 511 g/mol. The molecule has 4 aromatic rings. The number of rotatable bonds is 4. The van der Waals surface area contributed by atoms with Gasteiger partial charge in [-0.05, 0) is 79.7 Å². The number of oxazole rings is 1. The van der Waals surface area contributed by atoms with Gasteiger partial charge in [-0.25, -0.2) is 4.98 Å². The summed E-state index contributed by atoms with van der Waals surface area (Å²) < 4.78 is 11.9. The van der Waals surface area contributed by atoms with Crippen LogP contribution in [0.2, 0.25) is 0 Å². The van der Waals surface area contributed by atoms with Crippen LogP contribution < -0.4 is 15.4 Å². The van der Waals surface area contributed by atoms with Crippen LogP contribution in [0.15, 0.2) is 57.6 Å². The van der Waals surface area contributed by atoms with E-state index in [4.69, 9.17) is 21.4 Å². The van der Waals surface area contributed by atoms with Crippen molar-refractivity contribution in [1.82, 2.24) is 15.3 Å². The van der Waals surface area contributed by atoms with Gasteiger partial charge in [0.1, 0.15) is 5.75 Å². The van der Waals surface area contributed by atoms with E-state index in [1.807, 2.05) is 44.2 Å². The molecule has 162 valence electrons. The standard InChI is InChI=1S/C23H19BrN4O3S/c1-12-9-14(22-27-20-18(31-22)5-4-8-25-20)6-7-17(12)26-23(32)28-21(29)16-11-15(24)10-13(2)19(16)30-3/h4-11H,1-3H3,(H2,26,28,29,32). The molecule has 2 N–H and O–H groups in total. The maximum atomic E-state index is 12.8. The summed E-state index contributed by atoms with van der Waals surface area (Å²) in [5.41, 5.74) is 4.90. The number of hydrogen-bond acceptors (Lipinski definition) is 6. The summed E-state index contributed by atoms with van der Waals surface area (Å²) in [4.78, 5) is 21.4. The fourth-order valence-electron chi connectivity index (χ4n) is 3.32. The number of aromatic nitrogens is 2. The van der Waals surface area contributed by atoms with Crippen LogP contribution in [-0.2, 0) is 0 Å². The fraction of sp³-hybridized carbons (Fsp3) is 0.130. The van der Waals surface area contributed by atoms with Crippen LogP contribution in [0, 0.1) is 13.8 Å². The van der Waals surface area contributed by atoms with Crippen molar-refractivity contribution in [3.05, 3.63) is 69.8 Å². The molecule has 0 fully saturated rings. The molecule has 0 bridgehead atoms. The van der Waals surface area contributed by atoms with Gasteiger partial charge in [0.25, 0.3) is 5.91 Å². The molecule has 0 saturated heterocycles. The molecule has 2 aromatic heterocycles. The zero-order valence-corrected chi connectivity index (χ0v) is 19.9. The monoisotopic (exact) mass is 510 g/mol. The minimum absolute atomic E-state index is 0.177. The van der Waals surface area contributed by atoms with Gasteiger partial charge in [0.2, 0.25) is 5.89 Å². The van der Waals surface area contributed by atoms with Gasteiger partial charge in [-0.2, -0.15) is 4.98 Å². The number of fused-ring (bicyclic) bond motifs is 1. The maximum Gasteiger partial charge on any atom is 0.261 e. The summed E-state index contributed by atoms with van der Waals surface area (Å²) in [6.07, 6.45) is 1.67. The number of amides is 1. The highest BCUT2D eigenvalue weighted by Crippen LogP contribution is 2.29. The molecule has 0 unspecified atom stereocenters. The summed E-state index contributed by atoms with van der Waals surface area (Å²) in [5, 5.41) is 5.95. The number of thiocarbonyl (C=S) groups is 1. The van der Waals surface area contributed by atoms with Crippen LogP contribution in [0.4, 0.5) is 5.69 Å². The summed E-state index contributed by atoms with van der Waals surface area (Å²) in [5.74, 6) is 0.625. The Hall–Kier alpha value is -3.30. The lowest BCUT2D eigenvalue weighted by molar-refractivity contribution is 0.0974. The van der Waals surface area contributed by atoms with Crippen LogP contribution in [0.25, 0.3) is 22.7 Å². The molecule has 32 heavy (non-hydrogen) atoms. The van der Waals surface area contributed by atoms with E-state index >= 15 is 0 Å². The third kappa shape index (κ3) is 4.49. The van der Waals surface area contributed by atoms with Crippen LogP contribution in [0.5, 0.6) is 5.75 Å². The van der Waals surface area contributed by atoms with Gasteiger partial charge >= 0.3 is 0 Å². The van der Waals surface area contributed by atoms with E-state index in [1.165, 1.54) is 7.11 Å². The smallest absolute Gasteiger partial charge is 0.261 e. The van der Waals surface area contributed by atoms with Crippen LogP contribution in [0.1, 0.15) is 21.5 Å². The molecule has 7 nitrogen and oxygen atoms in total. The molecule has 0 aliphatic rings. The lowest BCUT2D eigenvalue weighted by Gasteiger charge is -2.15. The lowest BCUT2D eigenvalue weighted by Crippen LogP contribution is -2.34. The Labute approximate surface area is 198 Å². The van der Waals surface area contributed by atoms with E-state index in [9.17, 15) is 4.79 Å². The Morgan fingerprint density at radius 2 is 1.97 bits per heavy atom. The zero-order valence-electron chi connectivity index (χ0n) is 17.5. The predicted octanol–water partition coefficient (Wildman–Crippen LogP) is 5.40. The number of nitrogens with one attached hydrogen (secondary N) is 2. The van der Waals surface area contributed by atoms with E-state index in [-0.39, 0.29) is 11.0 Å². The van der Waals surface area contributed by atoms with Crippen LogP contribution >= 0.6 is 28.1 Å². The second-order valence-electron chi connectivity index (χ2n) is 7.09. The van der Waals surface area contributed by atoms with Crippen molar-refractivity contribution in [3.8, 4) is 17.2 Å². The summed E-state index contributed by atoms with van der Waals surface area (Å²) >= 11 is 8.76. The molecular weight excluding hydrogens is 492 g/mol. The van der Waals surface area contributed by atoms with Crippen molar-refractivity contribution in [1.29, 1.82) is 0 Å². The van der Waals surface area contributed by atoms with Crippen molar-refractivity contribution in [2.24, 2.45) is 0 Å². The van der Waals surface area contributed by atoms with Crippen molar-refractivity contribution in [2.75, 3.05) is 12.4 Å². The highest BCUT2D eigenvalue weighted by molar-refractivity contribution is 9.10. The van der Waals surface area contributed by atoms with E-state index in [0.29, 0.717) is 28.4 Å². The van der Waals surface area contributed by atoms with Gasteiger partial charge in [-0.15, -0.1) is 0 Å². The first-order chi connectivity index (χ1) is 15.4. The largest absolute Gasteiger partial charge is 0.496 e. The number of benzene rings is 2. The topological polar surface area (TPSA) is 89.3 Å².